The highest BCUT2D eigenvalue weighted by molar-refractivity contribution is 6.80. The summed E-state index contributed by atoms with van der Waals surface area (Å²) in [5.41, 5.74) is 0. The summed E-state index contributed by atoms with van der Waals surface area (Å²) >= 11 is 10.2. The number of esters is 1. The Morgan fingerprint density at radius 2 is 2.08 bits per heavy atom. The molecular weight excluding hydrogens is 215 g/mol. The Morgan fingerprint density at radius 3 is 2.50 bits per heavy atom. The molecule has 0 unspecified atom stereocenters. The molecule has 0 amide bonds. The maximum Gasteiger partial charge on any atom is 0.330 e. The van der Waals surface area contributed by atoms with Crippen LogP contribution >= 0.6 is 22.7 Å². The van der Waals surface area contributed by atoms with Crippen LogP contribution in [0.4, 0.5) is 0 Å². The number of hydrogen-bond acceptors (Lipinski definition) is 2. The molecule has 0 rings (SSSR count). The Bertz CT molecular complexity index is 120. The molecule has 0 bridgehead atoms. The van der Waals surface area contributed by atoms with Crippen molar-refractivity contribution >= 4 is 38.2 Å². The van der Waals surface area contributed by atoms with Crippen molar-refractivity contribution in [3.05, 3.63) is 12.7 Å². The second-order valence-corrected chi connectivity index (χ2v) is 2.15. The Labute approximate surface area is 86.0 Å². The minimum Gasteiger partial charge on any atom is -0.463 e. The largest absolute Gasteiger partial charge is 0.463 e. The number of ether oxygens (including phenoxy) is 1. The van der Waals surface area contributed by atoms with Gasteiger partial charge in [0.1, 0.15) is 9.55 Å². The van der Waals surface area contributed by atoms with E-state index in [4.69, 9.17) is 22.7 Å². The predicted octanol–water partition coefficient (Wildman–Crippen LogP) is 1.24. The number of carbonyl (C=O) groups is 1. The van der Waals surface area contributed by atoms with Crippen LogP contribution in [0.15, 0.2) is 12.7 Å². The van der Waals surface area contributed by atoms with E-state index in [9.17, 15) is 4.79 Å². The van der Waals surface area contributed by atoms with Crippen molar-refractivity contribution in [3.8, 4) is 0 Å². The fourth-order valence-electron chi connectivity index (χ4n) is 0.428. The summed E-state index contributed by atoms with van der Waals surface area (Å²) in [6.07, 6.45) is 2.86. The third kappa shape index (κ3) is 12.7. The SMILES string of the molecule is C=CC(=O)OCCCCCl.[SiH3]Cl. The van der Waals surface area contributed by atoms with E-state index < -0.39 is 0 Å². The monoisotopic (exact) mass is 228 g/mol. The van der Waals surface area contributed by atoms with E-state index in [1.807, 2.05) is 0 Å². The molecular formula is C7H14Cl2O2Si. The van der Waals surface area contributed by atoms with Gasteiger partial charge in [-0.2, -0.15) is 11.1 Å². The van der Waals surface area contributed by atoms with Crippen LogP contribution in [0.25, 0.3) is 0 Å². The van der Waals surface area contributed by atoms with Gasteiger partial charge in [-0.25, -0.2) is 4.79 Å². The number of hydrogen-bond donors (Lipinski definition) is 0. The molecule has 0 radical (unpaired) electrons. The maximum absolute atomic E-state index is 10.4. The van der Waals surface area contributed by atoms with E-state index in [-0.39, 0.29) is 5.97 Å². The van der Waals surface area contributed by atoms with Gasteiger partial charge in [0.15, 0.2) is 0 Å². The van der Waals surface area contributed by atoms with Gasteiger partial charge in [0.25, 0.3) is 0 Å². The number of alkyl halides is 1. The van der Waals surface area contributed by atoms with Gasteiger partial charge in [-0.15, -0.1) is 11.6 Å². The van der Waals surface area contributed by atoms with Gasteiger partial charge < -0.3 is 4.74 Å². The van der Waals surface area contributed by atoms with E-state index in [2.05, 4.69) is 11.3 Å². The van der Waals surface area contributed by atoms with Crippen molar-refractivity contribution in [1.29, 1.82) is 0 Å². The van der Waals surface area contributed by atoms with Gasteiger partial charge in [-0.1, -0.05) is 6.58 Å². The number of rotatable bonds is 5. The standard InChI is InChI=1S/C7H11ClO2.ClH3Si/c1-2-7(9)10-6-4-3-5-8;1-2/h2H,1,3-6H2;2H3. The normalized spacial score (nSPS) is 8.17. The van der Waals surface area contributed by atoms with E-state index in [0.717, 1.165) is 28.5 Å². The fraction of sp³-hybridized carbons (Fsp3) is 0.571. The summed E-state index contributed by atoms with van der Waals surface area (Å²) in [6, 6.07) is 0. The van der Waals surface area contributed by atoms with Gasteiger partial charge in [0.05, 0.1) is 6.61 Å². The van der Waals surface area contributed by atoms with Crippen LogP contribution in [0, 0.1) is 0 Å². The van der Waals surface area contributed by atoms with Crippen LogP contribution in [-0.4, -0.2) is 28.0 Å². The molecule has 0 spiro atoms. The minimum atomic E-state index is -0.366. The van der Waals surface area contributed by atoms with Crippen molar-refractivity contribution in [1.82, 2.24) is 0 Å². The smallest absolute Gasteiger partial charge is 0.330 e. The van der Waals surface area contributed by atoms with Crippen LogP contribution in [0.3, 0.4) is 0 Å². The number of unbranched alkanes of at least 4 members (excludes halogenated alkanes) is 1. The number of halogens is 2. The van der Waals surface area contributed by atoms with E-state index in [1.165, 1.54) is 0 Å². The lowest BCUT2D eigenvalue weighted by Crippen LogP contribution is -2.01. The number of carbonyl (C=O) groups excluding carboxylic acids is 1. The first kappa shape index (κ1) is 14.5. The van der Waals surface area contributed by atoms with E-state index >= 15 is 0 Å². The molecule has 0 heterocycles. The molecule has 5 heteroatoms. The van der Waals surface area contributed by atoms with Crippen molar-refractivity contribution in [2.45, 2.75) is 12.8 Å². The Balaban J connectivity index is 0. The van der Waals surface area contributed by atoms with Crippen LogP contribution in [0.1, 0.15) is 12.8 Å². The van der Waals surface area contributed by atoms with Gasteiger partial charge in [0.2, 0.25) is 0 Å². The summed E-state index contributed by atoms with van der Waals surface area (Å²) in [5, 5.41) is 0. The quantitative estimate of drug-likeness (QED) is 0.177. The minimum absolute atomic E-state index is 0.366. The zero-order chi connectivity index (χ0) is 9.82. The summed E-state index contributed by atoms with van der Waals surface area (Å²) in [6.45, 7) is 3.70. The van der Waals surface area contributed by atoms with Gasteiger partial charge in [-0.3, -0.25) is 0 Å². The fourth-order valence-corrected chi connectivity index (χ4v) is 0.617. The second-order valence-electron chi connectivity index (χ2n) is 1.77. The third-order valence-corrected chi connectivity index (χ3v) is 1.21. The highest BCUT2D eigenvalue weighted by Gasteiger charge is 1.92. The molecule has 0 aromatic carbocycles. The topological polar surface area (TPSA) is 26.3 Å². The molecule has 0 aliphatic rings. The first-order valence-corrected chi connectivity index (χ1v) is 7.10. The molecule has 0 saturated heterocycles. The van der Waals surface area contributed by atoms with E-state index in [0.29, 0.717) is 12.5 Å². The summed E-state index contributed by atoms with van der Waals surface area (Å²) in [4.78, 5) is 10.4. The van der Waals surface area contributed by atoms with Crippen molar-refractivity contribution in [2.24, 2.45) is 0 Å². The Morgan fingerprint density at radius 1 is 1.50 bits per heavy atom. The Kier molecular flexibility index (Phi) is 16.4. The molecule has 0 atom stereocenters. The lowest BCUT2D eigenvalue weighted by atomic mass is 10.4. The summed E-state index contributed by atoms with van der Waals surface area (Å²) in [5.74, 6) is 0.251. The van der Waals surface area contributed by atoms with Gasteiger partial charge in [-0.05, 0) is 12.8 Å². The zero-order valence-corrected chi connectivity index (χ0v) is 10.7. The highest BCUT2D eigenvalue weighted by atomic mass is 35.6. The second kappa shape index (κ2) is 13.6. The molecule has 72 valence electrons. The van der Waals surface area contributed by atoms with Crippen LogP contribution in [0.5, 0.6) is 0 Å². The van der Waals surface area contributed by atoms with Crippen LogP contribution < -0.4 is 0 Å². The predicted molar refractivity (Wildman–Crippen MR) is 56.9 cm³/mol. The van der Waals surface area contributed by atoms with Crippen LogP contribution in [-0.2, 0) is 9.53 Å². The van der Waals surface area contributed by atoms with Crippen molar-refractivity contribution in [2.75, 3.05) is 12.5 Å². The molecule has 0 saturated carbocycles. The van der Waals surface area contributed by atoms with Crippen molar-refractivity contribution in [3.63, 3.8) is 0 Å². The molecule has 0 aliphatic carbocycles. The zero-order valence-electron chi connectivity index (χ0n) is 7.19. The first-order valence-electron chi connectivity index (χ1n) is 3.54. The highest BCUT2D eigenvalue weighted by Crippen LogP contribution is 1.92. The van der Waals surface area contributed by atoms with Gasteiger partial charge >= 0.3 is 5.97 Å². The molecule has 12 heavy (non-hydrogen) atoms. The average molecular weight is 229 g/mol. The molecule has 0 N–H and O–H groups in total. The van der Waals surface area contributed by atoms with Crippen LogP contribution in [0.2, 0.25) is 0 Å². The van der Waals surface area contributed by atoms with Gasteiger partial charge in [0, 0.05) is 12.0 Å². The first-order chi connectivity index (χ1) is 5.81. The summed E-state index contributed by atoms with van der Waals surface area (Å²) in [7, 11) is 0.778. The molecule has 0 aromatic heterocycles. The summed E-state index contributed by atoms with van der Waals surface area (Å²) < 4.78 is 4.68. The van der Waals surface area contributed by atoms with Crippen molar-refractivity contribution < 1.29 is 9.53 Å². The lowest BCUT2D eigenvalue weighted by molar-refractivity contribution is -0.137. The maximum atomic E-state index is 10.4. The molecule has 0 aromatic rings. The molecule has 0 aliphatic heterocycles. The Hall–Kier alpha value is 0.00688. The molecule has 2 nitrogen and oxygen atoms in total. The third-order valence-electron chi connectivity index (χ3n) is 0.939. The molecule has 0 fully saturated rings. The lowest BCUT2D eigenvalue weighted by Gasteiger charge is -1.98. The average Bonchev–Trinajstić information content (AvgIpc) is 2.15. The van der Waals surface area contributed by atoms with E-state index in [1.54, 1.807) is 0 Å².